The summed E-state index contributed by atoms with van der Waals surface area (Å²) in [6.07, 6.45) is 0. The maximum Gasteiger partial charge on any atom is 0.161 e. The van der Waals surface area contributed by atoms with Crippen LogP contribution in [0.1, 0.15) is 0 Å². The Morgan fingerprint density at radius 1 is 1.00 bits per heavy atom. The highest BCUT2D eigenvalue weighted by Gasteiger charge is 2.27. The Hall–Kier alpha value is -3.28. The molecule has 25 heavy (non-hydrogen) atoms. The first-order valence-corrected chi connectivity index (χ1v) is 7.84. The summed E-state index contributed by atoms with van der Waals surface area (Å²) in [5.74, 6) is 1.28. The molecule has 126 valence electrons. The topological polar surface area (TPSA) is 68.6 Å². The third kappa shape index (κ3) is 2.11. The minimum absolute atomic E-state index is 0.451. The summed E-state index contributed by atoms with van der Waals surface area (Å²) in [5, 5.41) is 8.50. The van der Waals surface area contributed by atoms with Gasteiger partial charge in [0.05, 0.1) is 31.2 Å². The van der Waals surface area contributed by atoms with Gasteiger partial charge in [-0.25, -0.2) is 0 Å². The Balaban J connectivity index is 2.03. The molecule has 1 aliphatic heterocycles. The van der Waals surface area contributed by atoms with Gasteiger partial charge in [-0.15, -0.1) is 4.91 Å². The summed E-state index contributed by atoms with van der Waals surface area (Å²) in [7, 11) is 5.12. The molecule has 2 aliphatic rings. The van der Waals surface area contributed by atoms with Crippen LogP contribution in [-0.4, -0.2) is 24.0 Å². The molecule has 1 aliphatic carbocycles. The van der Waals surface area contributed by atoms with Crippen LogP contribution in [0.3, 0.4) is 0 Å². The minimum atomic E-state index is 0.451. The second-order valence-electron chi connectivity index (χ2n) is 5.82. The van der Waals surface area contributed by atoms with Crippen LogP contribution in [-0.2, 0) is 7.05 Å². The van der Waals surface area contributed by atoms with Crippen molar-refractivity contribution in [3.05, 3.63) is 47.4 Å². The van der Waals surface area contributed by atoms with Gasteiger partial charge < -0.3 is 9.47 Å². The van der Waals surface area contributed by atoms with Gasteiger partial charge in [0.1, 0.15) is 5.69 Å². The van der Waals surface area contributed by atoms with Crippen molar-refractivity contribution in [1.29, 1.82) is 0 Å². The van der Waals surface area contributed by atoms with E-state index >= 15 is 0 Å². The van der Waals surface area contributed by atoms with E-state index < -0.39 is 0 Å². The van der Waals surface area contributed by atoms with Crippen LogP contribution >= 0.6 is 0 Å². The molecule has 0 radical (unpaired) electrons. The number of hydrogen-bond donors (Lipinski definition) is 1. The third-order valence-electron chi connectivity index (χ3n) is 4.54. The van der Waals surface area contributed by atoms with Crippen LogP contribution in [0.5, 0.6) is 11.5 Å². The molecule has 0 bridgehead atoms. The largest absolute Gasteiger partial charge is 0.493 e. The van der Waals surface area contributed by atoms with E-state index in [2.05, 4.69) is 10.3 Å². The van der Waals surface area contributed by atoms with Crippen molar-refractivity contribution in [3.63, 3.8) is 0 Å². The molecule has 4 rings (SSSR count). The van der Waals surface area contributed by atoms with Crippen LogP contribution in [0.2, 0.25) is 0 Å². The van der Waals surface area contributed by atoms with Gasteiger partial charge in [0.25, 0.3) is 0 Å². The summed E-state index contributed by atoms with van der Waals surface area (Å²) in [4.78, 5) is 11.6. The van der Waals surface area contributed by atoms with Gasteiger partial charge in [0, 0.05) is 23.4 Å². The van der Waals surface area contributed by atoms with Crippen LogP contribution in [0.4, 0.5) is 5.69 Å². The van der Waals surface area contributed by atoms with Crippen molar-refractivity contribution in [2.75, 3.05) is 14.2 Å². The molecule has 0 amide bonds. The Labute approximate surface area is 144 Å². The molecule has 0 unspecified atom stereocenters. The van der Waals surface area contributed by atoms with E-state index in [-0.39, 0.29) is 0 Å². The third-order valence-corrected chi connectivity index (χ3v) is 4.54. The summed E-state index contributed by atoms with van der Waals surface area (Å²) in [6.45, 7) is 0. The lowest BCUT2D eigenvalue weighted by atomic mass is 10.1. The zero-order valence-corrected chi connectivity index (χ0v) is 14.2. The van der Waals surface area contributed by atoms with Gasteiger partial charge in [-0.2, -0.15) is 0 Å². The summed E-state index contributed by atoms with van der Waals surface area (Å²) in [6, 6.07) is 13.4. The summed E-state index contributed by atoms with van der Waals surface area (Å²) < 4.78 is 12.6. The standard InChI is InChI=1S/C19H17N3O3/c1-22-19-13-7-5-4-6-12(13)18(21-23)16(19)17(20-22)11-8-9-14(24-2)15(10-11)25-3/h4-10,20H,1-3H3. The van der Waals surface area contributed by atoms with E-state index in [1.165, 1.54) is 0 Å². The molecule has 6 nitrogen and oxygen atoms in total. The number of nitrogens with zero attached hydrogens (tertiary/aromatic N) is 2. The number of H-pyrrole nitrogens is 1. The Morgan fingerprint density at radius 2 is 1.72 bits per heavy atom. The average Bonchev–Trinajstić information content (AvgIpc) is 3.16. The van der Waals surface area contributed by atoms with Crippen LogP contribution in [0, 0.1) is 4.91 Å². The number of hydrogen-bond acceptors (Lipinski definition) is 4. The lowest BCUT2D eigenvalue weighted by Crippen LogP contribution is -1.92. The number of methoxy groups -OCH3 is 2. The molecular weight excluding hydrogens is 318 g/mol. The summed E-state index contributed by atoms with van der Waals surface area (Å²) in [5.41, 5.74) is 3.93. The van der Waals surface area contributed by atoms with Crippen molar-refractivity contribution >= 4 is 16.5 Å². The molecule has 6 heteroatoms. The number of ether oxygens (including phenoxy) is 2. The first kappa shape index (κ1) is 15.3. The Morgan fingerprint density at radius 3 is 2.40 bits per heavy atom. The summed E-state index contributed by atoms with van der Waals surface area (Å²) >= 11 is 0. The fourth-order valence-corrected chi connectivity index (χ4v) is 3.44. The van der Waals surface area contributed by atoms with Gasteiger partial charge in [0.2, 0.25) is 0 Å². The number of nitroso groups, excluding NO2 is 1. The van der Waals surface area contributed by atoms with Gasteiger partial charge in [-0.3, -0.25) is 9.78 Å². The minimum Gasteiger partial charge on any atom is -0.493 e. The zero-order valence-electron chi connectivity index (χ0n) is 14.2. The molecule has 0 saturated carbocycles. The SMILES string of the molecule is COc1ccc(-c2[nH]n(C)c3c4ccccc4c(N=O)c2-3)cc1OC. The van der Waals surface area contributed by atoms with E-state index in [1.54, 1.807) is 14.2 Å². The number of aromatic nitrogens is 2. The lowest BCUT2D eigenvalue weighted by Gasteiger charge is -2.09. The van der Waals surface area contributed by atoms with E-state index in [1.807, 2.05) is 54.2 Å². The monoisotopic (exact) mass is 335 g/mol. The van der Waals surface area contributed by atoms with Crippen molar-refractivity contribution in [2.45, 2.75) is 0 Å². The highest BCUT2D eigenvalue weighted by atomic mass is 16.5. The molecular formula is C19H17N3O3. The predicted molar refractivity (Wildman–Crippen MR) is 97.9 cm³/mol. The molecule has 1 heterocycles. The number of aryl methyl sites for hydroxylation is 1. The molecule has 2 aromatic carbocycles. The normalized spacial score (nSPS) is 11.2. The average molecular weight is 335 g/mol. The van der Waals surface area contributed by atoms with Gasteiger partial charge in [0.15, 0.2) is 11.5 Å². The van der Waals surface area contributed by atoms with Crippen LogP contribution in [0.15, 0.2) is 47.6 Å². The van der Waals surface area contributed by atoms with Gasteiger partial charge in [-0.05, 0) is 23.4 Å². The van der Waals surface area contributed by atoms with Crippen LogP contribution < -0.4 is 9.47 Å². The molecule has 0 atom stereocenters. The van der Waals surface area contributed by atoms with Crippen LogP contribution in [0.25, 0.3) is 33.3 Å². The first-order valence-electron chi connectivity index (χ1n) is 7.84. The quantitative estimate of drug-likeness (QED) is 0.550. The zero-order chi connectivity index (χ0) is 17.6. The first-order chi connectivity index (χ1) is 12.2. The van der Waals surface area contributed by atoms with Gasteiger partial charge in [-0.1, -0.05) is 24.3 Å². The Bertz CT molecular complexity index is 1060. The van der Waals surface area contributed by atoms with Crippen molar-refractivity contribution in [1.82, 2.24) is 9.78 Å². The number of benzene rings is 2. The van der Waals surface area contributed by atoms with E-state index in [0.717, 1.165) is 33.3 Å². The van der Waals surface area contributed by atoms with E-state index in [9.17, 15) is 4.91 Å². The highest BCUT2D eigenvalue weighted by Crippen LogP contribution is 2.49. The molecule has 0 aromatic heterocycles. The van der Waals surface area contributed by atoms with Crippen molar-refractivity contribution in [3.8, 4) is 34.0 Å². The molecule has 1 N–H and O–H groups in total. The van der Waals surface area contributed by atoms with Crippen molar-refractivity contribution in [2.24, 2.45) is 12.2 Å². The maximum atomic E-state index is 11.6. The number of rotatable bonds is 4. The molecule has 0 saturated heterocycles. The number of nitrogens with one attached hydrogen (secondary N) is 1. The fourth-order valence-electron chi connectivity index (χ4n) is 3.44. The highest BCUT2D eigenvalue weighted by molar-refractivity contribution is 6.14. The molecule has 0 spiro atoms. The predicted octanol–water partition coefficient (Wildman–Crippen LogP) is 4.69. The molecule has 2 aromatic rings. The van der Waals surface area contributed by atoms with Crippen molar-refractivity contribution < 1.29 is 9.47 Å². The van der Waals surface area contributed by atoms with E-state index in [4.69, 9.17) is 9.47 Å². The number of aromatic amines is 1. The smallest absolute Gasteiger partial charge is 0.161 e. The molecule has 0 fully saturated rings. The lowest BCUT2D eigenvalue weighted by molar-refractivity contribution is 0.355. The Kier molecular flexibility index (Phi) is 3.46. The second kappa shape index (κ2) is 5.66. The van der Waals surface area contributed by atoms with Gasteiger partial charge >= 0.3 is 0 Å². The fraction of sp³-hybridized carbons (Fsp3) is 0.158. The van der Waals surface area contributed by atoms with E-state index in [0.29, 0.717) is 17.2 Å². The number of fused-ring (bicyclic) bond motifs is 3. The second-order valence-corrected chi connectivity index (χ2v) is 5.82. The maximum absolute atomic E-state index is 11.6.